The van der Waals surface area contributed by atoms with Crippen LogP contribution in [0.25, 0.3) is 0 Å². The van der Waals surface area contributed by atoms with E-state index in [4.69, 9.17) is 9.11 Å². The van der Waals surface area contributed by atoms with E-state index in [-0.39, 0.29) is 70.5 Å². The quantitative estimate of drug-likeness (QED) is 0.531. The van der Waals surface area contributed by atoms with Crippen molar-refractivity contribution in [1.29, 1.82) is 0 Å². The summed E-state index contributed by atoms with van der Waals surface area (Å²) in [5.74, 6) is 0. The Labute approximate surface area is 135 Å². The van der Waals surface area contributed by atoms with Gasteiger partial charge in [-0.25, -0.2) is 0 Å². The molecule has 0 aromatic carbocycles. The molecule has 1 rings (SSSR count). The van der Waals surface area contributed by atoms with Gasteiger partial charge in [-0.2, -0.15) is 16.8 Å². The summed E-state index contributed by atoms with van der Waals surface area (Å²) >= 11 is 0.271. The third kappa shape index (κ3) is 5.59. The fraction of sp³-hybridized carbons (Fsp3) is 0. The zero-order valence-corrected chi connectivity index (χ0v) is 8.36. The number of rotatable bonds is 2. The molecule has 0 aliphatic carbocycles. The Kier molecular flexibility index (Phi) is 8.12. The van der Waals surface area contributed by atoms with Gasteiger partial charge in [-0.05, 0) is 12.1 Å². The van der Waals surface area contributed by atoms with E-state index >= 15 is 0 Å². The zero-order valence-electron chi connectivity index (χ0n) is 5.91. The summed E-state index contributed by atoms with van der Waals surface area (Å²) in [7, 11) is -8.80. The van der Waals surface area contributed by atoms with Gasteiger partial charge < -0.3 is 0 Å². The molecule has 0 saturated carbocycles. The molecule has 0 amide bonds. The maximum atomic E-state index is 10.5. The van der Waals surface area contributed by atoms with Crippen LogP contribution in [0.3, 0.4) is 0 Å². The summed E-state index contributed by atoms with van der Waals surface area (Å²) in [4.78, 5) is 0. The molecule has 0 saturated heterocycles. The van der Waals surface area contributed by atoms with Crippen molar-refractivity contribution >= 4 is 90.7 Å². The first kappa shape index (κ1) is 18.9. The zero-order chi connectivity index (χ0) is 10.3. The molecule has 0 radical (unpaired) electrons. The molecule has 1 aromatic rings. The summed E-state index contributed by atoms with van der Waals surface area (Å²) in [6.45, 7) is 0. The third-order valence-corrected chi connectivity index (χ3v) is 4.79. The van der Waals surface area contributed by atoms with E-state index in [2.05, 4.69) is 0 Å². The molecule has 0 spiro atoms. The van der Waals surface area contributed by atoms with Crippen LogP contribution in [0, 0.1) is 0 Å². The first-order chi connectivity index (χ1) is 5.71. The van der Waals surface area contributed by atoms with Gasteiger partial charge in [0.2, 0.25) is 0 Å². The SMILES string of the molecule is O=S(=O)(O)c1ccc(S(=O)(=O)O)s1.[NaH].[NaH]. The van der Waals surface area contributed by atoms with Crippen molar-refractivity contribution in [2.24, 2.45) is 0 Å². The Morgan fingerprint density at radius 2 is 1.13 bits per heavy atom. The van der Waals surface area contributed by atoms with Crippen LogP contribution in [-0.2, 0) is 20.2 Å². The summed E-state index contributed by atoms with van der Waals surface area (Å²) in [6.07, 6.45) is 0. The average molecular weight is 292 g/mol. The Balaban J connectivity index is 0. The van der Waals surface area contributed by atoms with Gasteiger partial charge >= 0.3 is 79.4 Å². The van der Waals surface area contributed by atoms with E-state index in [9.17, 15) is 16.8 Å². The predicted octanol–water partition coefficient (Wildman–Crippen LogP) is -1.06. The molecule has 78 valence electrons. The second-order valence-electron chi connectivity index (χ2n) is 2.02. The Bertz CT molecular complexity index is 468. The third-order valence-electron chi connectivity index (χ3n) is 1.07. The predicted molar refractivity (Wildman–Crippen MR) is 58.2 cm³/mol. The molecule has 0 bridgehead atoms. The van der Waals surface area contributed by atoms with Crippen LogP contribution in [-0.4, -0.2) is 85.1 Å². The fourth-order valence-corrected chi connectivity index (χ4v) is 3.07. The molecule has 0 unspecified atom stereocenters. The molecule has 0 atom stereocenters. The van der Waals surface area contributed by atoms with Crippen LogP contribution in [0.5, 0.6) is 0 Å². The van der Waals surface area contributed by atoms with Crippen LogP contribution >= 0.6 is 11.3 Å². The Hall–Kier alpha value is 1.52. The molecular formula is C4H6Na2O6S3. The first-order valence-electron chi connectivity index (χ1n) is 2.76. The van der Waals surface area contributed by atoms with Gasteiger partial charge in [0.05, 0.1) is 0 Å². The first-order valence-corrected chi connectivity index (χ1v) is 6.46. The van der Waals surface area contributed by atoms with Crippen LogP contribution < -0.4 is 0 Å². The van der Waals surface area contributed by atoms with Crippen molar-refractivity contribution in [3.05, 3.63) is 12.1 Å². The summed E-state index contributed by atoms with van der Waals surface area (Å²) in [6, 6.07) is 1.78. The summed E-state index contributed by atoms with van der Waals surface area (Å²) in [5, 5.41) is 0. The molecule has 11 heteroatoms. The van der Waals surface area contributed by atoms with Crippen LogP contribution in [0.2, 0.25) is 0 Å². The minimum atomic E-state index is -4.40. The van der Waals surface area contributed by atoms with Crippen molar-refractivity contribution in [2.45, 2.75) is 8.42 Å². The molecule has 1 heterocycles. The average Bonchev–Trinajstić information content (AvgIpc) is 2.28. The van der Waals surface area contributed by atoms with Crippen molar-refractivity contribution < 1.29 is 25.9 Å². The Morgan fingerprint density at radius 3 is 1.27 bits per heavy atom. The van der Waals surface area contributed by atoms with Crippen molar-refractivity contribution in [1.82, 2.24) is 0 Å². The number of hydrogen-bond donors (Lipinski definition) is 2. The molecule has 0 aliphatic rings. The van der Waals surface area contributed by atoms with Crippen LogP contribution in [0.4, 0.5) is 0 Å². The van der Waals surface area contributed by atoms with Gasteiger partial charge in [0.15, 0.2) is 0 Å². The standard InChI is InChI=1S/C4H4O6S3.2Na.2H/c5-12(6,7)3-1-2-4(11-3)13(8,9)10;;;;/h1-2H,(H,5,6,7)(H,8,9,10);;;;. The second kappa shape index (κ2) is 6.45. The molecule has 2 N–H and O–H groups in total. The molecule has 6 nitrogen and oxygen atoms in total. The summed E-state index contributed by atoms with van der Waals surface area (Å²) < 4.78 is 57.7. The van der Waals surface area contributed by atoms with E-state index < -0.39 is 28.7 Å². The maximum absolute atomic E-state index is 10.5. The monoisotopic (exact) mass is 292 g/mol. The number of thiophene rings is 1. The van der Waals surface area contributed by atoms with Crippen LogP contribution in [0.1, 0.15) is 0 Å². The molecular weight excluding hydrogens is 286 g/mol. The van der Waals surface area contributed by atoms with E-state index in [0.717, 1.165) is 12.1 Å². The number of hydrogen-bond acceptors (Lipinski definition) is 5. The molecule has 15 heavy (non-hydrogen) atoms. The van der Waals surface area contributed by atoms with Gasteiger partial charge in [0.25, 0.3) is 0 Å². The van der Waals surface area contributed by atoms with Crippen molar-refractivity contribution in [2.75, 3.05) is 0 Å². The van der Waals surface area contributed by atoms with E-state index in [1.165, 1.54) is 0 Å². The van der Waals surface area contributed by atoms with Crippen molar-refractivity contribution in [3.63, 3.8) is 0 Å². The van der Waals surface area contributed by atoms with Gasteiger partial charge in [-0.15, -0.1) is 11.3 Å². The Morgan fingerprint density at radius 1 is 0.867 bits per heavy atom. The van der Waals surface area contributed by atoms with Gasteiger partial charge in [0, 0.05) is 0 Å². The minimum absolute atomic E-state index is 0. The summed E-state index contributed by atoms with van der Waals surface area (Å²) in [5.41, 5.74) is 0. The van der Waals surface area contributed by atoms with Gasteiger partial charge in [0.1, 0.15) is 8.42 Å². The van der Waals surface area contributed by atoms with Gasteiger partial charge in [-0.3, -0.25) is 9.11 Å². The normalized spacial score (nSPS) is 11.3. The molecule has 0 fully saturated rings. The second-order valence-corrected chi connectivity index (χ2v) is 6.40. The fourth-order valence-electron chi connectivity index (χ4n) is 0.581. The topological polar surface area (TPSA) is 109 Å². The van der Waals surface area contributed by atoms with Crippen LogP contribution in [0.15, 0.2) is 20.6 Å². The van der Waals surface area contributed by atoms with Gasteiger partial charge in [-0.1, -0.05) is 0 Å². The van der Waals surface area contributed by atoms with E-state index in [0.29, 0.717) is 0 Å². The molecule has 0 aliphatic heterocycles. The van der Waals surface area contributed by atoms with Crippen molar-refractivity contribution in [3.8, 4) is 0 Å². The molecule has 1 aromatic heterocycles. The van der Waals surface area contributed by atoms with E-state index in [1.54, 1.807) is 0 Å². The van der Waals surface area contributed by atoms with E-state index in [1.807, 2.05) is 0 Å².